The number of rotatable bonds is 6. The van der Waals surface area contributed by atoms with Crippen LogP contribution in [0.3, 0.4) is 0 Å². The maximum Gasteiger partial charge on any atom is 0.433 e. The summed E-state index contributed by atoms with van der Waals surface area (Å²) in [5.74, 6) is -0.622. The van der Waals surface area contributed by atoms with Crippen molar-refractivity contribution in [2.45, 2.75) is 31.0 Å². The Balaban J connectivity index is 1.47. The summed E-state index contributed by atoms with van der Waals surface area (Å²) in [5, 5.41) is 0.295. The second kappa shape index (κ2) is 10.3. The molecule has 9 nitrogen and oxygen atoms in total. The monoisotopic (exact) mass is 553 g/mol. The molecule has 2 aromatic heterocycles. The third-order valence-electron chi connectivity index (χ3n) is 7.35. The largest absolute Gasteiger partial charge is 0.494 e. The molecule has 0 saturated carbocycles. The lowest BCUT2D eigenvalue weighted by atomic mass is 9.72. The molecule has 1 aliphatic rings. The SMILES string of the molecule is COc1ccc(-c2nc(C(=O)N3CCC(C(N)=O)(c4ccccc4)CC3)c(CN)o2)c2ccc(C(F)(F)F)nc12. The fourth-order valence-corrected chi connectivity index (χ4v) is 5.15. The highest BCUT2D eigenvalue weighted by atomic mass is 19.4. The van der Waals surface area contributed by atoms with Crippen LogP contribution in [-0.2, 0) is 22.9 Å². The number of amides is 2. The van der Waals surface area contributed by atoms with Gasteiger partial charge in [0.1, 0.15) is 17.0 Å². The van der Waals surface area contributed by atoms with Crippen LogP contribution in [0.2, 0.25) is 0 Å². The third kappa shape index (κ3) is 4.64. The van der Waals surface area contributed by atoms with Crippen molar-refractivity contribution in [2.75, 3.05) is 20.2 Å². The summed E-state index contributed by atoms with van der Waals surface area (Å²) in [6.45, 7) is 0.360. The number of hydrogen-bond donors (Lipinski definition) is 2. The molecule has 0 aliphatic carbocycles. The minimum atomic E-state index is -4.65. The van der Waals surface area contributed by atoms with E-state index in [0.717, 1.165) is 11.6 Å². The van der Waals surface area contributed by atoms with Crippen LogP contribution >= 0.6 is 0 Å². The van der Waals surface area contributed by atoms with Crippen molar-refractivity contribution in [3.05, 3.63) is 77.3 Å². The van der Waals surface area contributed by atoms with Gasteiger partial charge >= 0.3 is 6.18 Å². The molecule has 1 fully saturated rings. The zero-order valence-electron chi connectivity index (χ0n) is 21.5. The van der Waals surface area contributed by atoms with E-state index in [4.69, 9.17) is 20.6 Å². The summed E-state index contributed by atoms with van der Waals surface area (Å²) in [6, 6.07) is 14.4. The number of aromatic nitrogens is 2. The van der Waals surface area contributed by atoms with E-state index in [-0.39, 0.29) is 48.2 Å². The quantitative estimate of drug-likeness (QED) is 0.368. The number of carbonyl (C=O) groups is 2. The molecule has 208 valence electrons. The number of nitrogens with two attached hydrogens (primary N) is 2. The van der Waals surface area contributed by atoms with Gasteiger partial charge in [0, 0.05) is 24.0 Å². The lowest BCUT2D eigenvalue weighted by molar-refractivity contribution is -0.141. The Kier molecular flexibility index (Phi) is 6.96. The number of benzene rings is 2. The summed E-state index contributed by atoms with van der Waals surface area (Å²) < 4.78 is 51.0. The number of piperidine rings is 1. The van der Waals surface area contributed by atoms with Crippen LogP contribution in [0, 0.1) is 0 Å². The van der Waals surface area contributed by atoms with Crippen LogP contribution in [0.15, 0.2) is 59.0 Å². The standard InChI is InChI=1S/C28H26F3N5O4/c1-39-19-9-7-18(17-8-10-21(28(29,30)31)34-22(17)19)24-35-23(20(15-32)40-24)25(37)36-13-11-27(12-14-36,26(33)38)16-5-3-2-4-6-16/h2-10H,11-15,32H2,1H3,(H2,33,38). The molecule has 5 rings (SSSR count). The van der Waals surface area contributed by atoms with Gasteiger partial charge in [0.05, 0.1) is 19.1 Å². The normalized spacial score (nSPS) is 15.3. The molecule has 12 heteroatoms. The average Bonchev–Trinajstić information content (AvgIpc) is 3.40. The molecule has 2 amide bonds. The molecule has 0 bridgehead atoms. The first-order valence-corrected chi connectivity index (χ1v) is 12.5. The predicted octanol–water partition coefficient (Wildman–Crippen LogP) is 4.04. The highest BCUT2D eigenvalue weighted by Gasteiger charge is 2.43. The first-order valence-electron chi connectivity index (χ1n) is 12.5. The molecule has 4 N–H and O–H groups in total. The Labute approximate surface area is 226 Å². The van der Waals surface area contributed by atoms with E-state index in [1.807, 2.05) is 30.3 Å². The minimum Gasteiger partial charge on any atom is -0.494 e. The maximum atomic E-state index is 13.5. The Morgan fingerprint density at radius 3 is 2.35 bits per heavy atom. The molecule has 0 spiro atoms. The van der Waals surface area contributed by atoms with Gasteiger partial charge in [0.15, 0.2) is 11.5 Å². The number of carbonyl (C=O) groups excluding carboxylic acids is 2. The lowest BCUT2D eigenvalue weighted by Gasteiger charge is -2.39. The van der Waals surface area contributed by atoms with Gasteiger partial charge in [0.2, 0.25) is 11.8 Å². The fraction of sp³-hybridized carbons (Fsp3) is 0.286. The molecule has 3 heterocycles. The van der Waals surface area contributed by atoms with Gasteiger partial charge < -0.3 is 25.5 Å². The Hall–Kier alpha value is -4.45. The van der Waals surface area contributed by atoms with E-state index in [1.165, 1.54) is 19.2 Å². The summed E-state index contributed by atoms with van der Waals surface area (Å²) in [7, 11) is 1.33. The second-order valence-corrected chi connectivity index (χ2v) is 9.51. The van der Waals surface area contributed by atoms with Crippen molar-refractivity contribution < 1.29 is 31.9 Å². The van der Waals surface area contributed by atoms with Crippen molar-refractivity contribution in [2.24, 2.45) is 11.5 Å². The van der Waals surface area contributed by atoms with Crippen LogP contribution in [0.5, 0.6) is 5.75 Å². The van der Waals surface area contributed by atoms with E-state index in [2.05, 4.69) is 9.97 Å². The van der Waals surface area contributed by atoms with Crippen LogP contribution in [0.1, 0.15) is 40.3 Å². The van der Waals surface area contributed by atoms with Gasteiger partial charge in [-0.3, -0.25) is 9.59 Å². The van der Waals surface area contributed by atoms with Crippen molar-refractivity contribution in [3.8, 4) is 17.2 Å². The van der Waals surface area contributed by atoms with Crippen LogP contribution < -0.4 is 16.2 Å². The first kappa shape index (κ1) is 27.1. The molecule has 0 unspecified atom stereocenters. The zero-order chi connectivity index (χ0) is 28.7. The highest BCUT2D eigenvalue weighted by Crippen LogP contribution is 2.38. The number of fused-ring (bicyclic) bond motifs is 1. The predicted molar refractivity (Wildman–Crippen MR) is 139 cm³/mol. The Bertz CT molecular complexity index is 1580. The number of pyridine rings is 1. The number of nitrogens with zero attached hydrogens (tertiary/aromatic N) is 3. The summed E-state index contributed by atoms with van der Waals surface area (Å²) in [6.07, 6.45) is -3.99. The highest BCUT2D eigenvalue weighted by molar-refractivity contribution is 5.98. The number of hydrogen-bond acceptors (Lipinski definition) is 7. The topological polar surface area (TPSA) is 138 Å². The van der Waals surface area contributed by atoms with E-state index in [1.54, 1.807) is 11.0 Å². The minimum absolute atomic E-state index is 0.00536. The van der Waals surface area contributed by atoms with E-state index in [0.29, 0.717) is 23.8 Å². The average molecular weight is 554 g/mol. The Morgan fingerprint density at radius 2 is 1.75 bits per heavy atom. The zero-order valence-corrected chi connectivity index (χ0v) is 21.5. The molecule has 2 aromatic carbocycles. The van der Waals surface area contributed by atoms with Crippen LogP contribution in [0.25, 0.3) is 22.4 Å². The first-order chi connectivity index (χ1) is 19.1. The summed E-state index contributed by atoms with van der Waals surface area (Å²) in [4.78, 5) is 35.8. The summed E-state index contributed by atoms with van der Waals surface area (Å²) in [5.41, 5.74) is 10.8. The number of likely N-dealkylation sites (tertiary alicyclic amines) is 1. The third-order valence-corrected chi connectivity index (χ3v) is 7.35. The molecule has 0 atom stereocenters. The van der Waals surface area contributed by atoms with Gasteiger partial charge in [0.25, 0.3) is 5.91 Å². The smallest absolute Gasteiger partial charge is 0.433 e. The molecule has 1 saturated heterocycles. The van der Waals surface area contributed by atoms with Crippen LogP contribution in [0.4, 0.5) is 13.2 Å². The van der Waals surface area contributed by atoms with Gasteiger partial charge in [-0.2, -0.15) is 13.2 Å². The molecule has 40 heavy (non-hydrogen) atoms. The van der Waals surface area contributed by atoms with Crippen molar-refractivity contribution in [1.29, 1.82) is 0 Å². The van der Waals surface area contributed by atoms with Crippen molar-refractivity contribution in [3.63, 3.8) is 0 Å². The van der Waals surface area contributed by atoms with E-state index in [9.17, 15) is 22.8 Å². The number of alkyl halides is 3. The van der Waals surface area contributed by atoms with E-state index >= 15 is 0 Å². The lowest BCUT2D eigenvalue weighted by Crippen LogP contribution is -2.51. The molecular formula is C28H26F3N5O4. The Morgan fingerprint density at radius 1 is 1.05 bits per heavy atom. The number of oxazole rings is 1. The summed E-state index contributed by atoms with van der Waals surface area (Å²) >= 11 is 0. The van der Waals surface area contributed by atoms with Gasteiger partial charge in [-0.15, -0.1) is 0 Å². The number of methoxy groups -OCH3 is 1. The van der Waals surface area contributed by atoms with Crippen molar-refractivity contribution in [1.82, 2.24) is 14.9 Å². The molecule has 0 radical (unpaired) electrons. The van der Waals surface area contributed by atoms with Crippen LogP contribution in [-0.4, -0.2) is 46.9 Å². The number of halogens is 3. The van der Waals surface area contributed by atoms with Gasteiger partial charge in [-0.25, -0.2) is 9.97 Å². The van der Waals surface area contributed by atoms with Gasteiger partial charge in [-0.05, 0) is 42.7 Å². The second-order valence-electron chi connectivity index (χ2n) is 9.51. The number of primary amides is 1. The molecular weight excluding hydrogens is 527 g/mol. The molecule has 1 aliphatic heterocycles. The fourth-order valence-electron chi connectivity index (χ4n) is 5.15. The number of ether oxygens (including phenoxy) is 1. The maximum absolute atomic E-state index is 13.5. The van der Waals surface area contributed by atoms with Gasteiger partial charge in [-0.1, -0.05) is 30.3 Å². The van der Waals surface area contributed by atoms with E-state index < -0.39 is 29.1 Å². The molecule has 4 aromatic rings. The van der Waals surface area contributed by atoms with Crippen molar-refractivity contribution >= 4 is 22.7 Å².